The van der Waals surface area contributed by atoms with Crippen LogP contribution < -0.4 is 11.2 Å². The minimum Gasteiger partial charge on any atom is -0.328 e. The second-order valence-electron chi connectivity index (χ2n) is 7.87. The van der Waals surface area contributed by atoms with Gasteiger partial charge in [0.2, 0.25) is 0 Å². The van der Waals surface area contributed by atoms with E-state index in [0.717, 1.165) is 22.2 Å². The lowest BCUT2D eigenvalue weighted by Gasteiger charge is -2.11. The van der Waals surface area contributed by atoms with Crippen molar-refractivity contribution >= 4 is 22.9 Å². The highest BCUT2D eigenvalue weighted by atomic mass is 32.2. The molecule has 0 amide bonds. The van der Waals surface area contributed by atoms with E-state index in [0.29, 0.717) is 29.9 Å². The van der Waals surface area contributed by atoms with Crippen LogP contribution in [0.3, 0.4) is 0 Å². The second-order valence-corrected chi connectivity index (χ2v) is 8.93. The van der Waals surface area contributed by atoms with Gasteiger partial charge in [-0.15, -0.1) is 10.2 Å². The summed E-state index contributed by atoms with van der Waals surface area (Å²) in [4.78, 5) is 29.8. The van der Waals surface area contributed by atoms with Crippen molar-refractivity contribution in [2.75, 3.05) is 5.75 Å². The molecule has 0 aliphatic carbocycles. The quantitative estimate of drug-likeness (QED) is 0.267. The summed E-state index contributed by atoms with van der Waals surface area (Å²) < 4.78 is 6.38. The third-order valence-corrected chi connectivity index (χ3v) is 6.65. The normalized spacial score (nSPS) is 11.4. The van der Waals surface area contributed by atoms with Crippen LogP contribution in [0.2, 0.25) is 0 Å². The third kappa shape index (κ3) is 3.86. The molecule has 3 heterocycles. The number of imidazole rings is 1. The zero-order valence-corrected chi connectivity index (χ0v) is 19.6. The van der Waals surface area contributed by atoms with Gasteiger partial charge in [0.15, 0.2) is 22.1 Å². The van der Waals surface area contributed by atoms with Crippen molar-refractivity contribution in [3.05, 3.63) is 87.8 Å². The molecule has 3 aromatic heterocycles. The highest BCUT2D eigenvalue weighted by molar-refractivity contribution is 7.99. The van der Waals surface area contributed by atoms with Crippen LogP contribution in [-0.2, 0) is 20.6 Å². The lowest BCUT2D eigenvalue weighted by Crippen LogP contribution is -2.39. The topological polar surface area (TPSA) is 92.5 Å². The molecule has 0 N–H and O–H groups in total. The lowest BCUT2D eigenvalue weighted by molar-refractivity contribution is 0.594. The van der Waals surface area contributed by atoms with Gasteiger partial charge in [-0.25, -0.2) is 9.78 Å². The Morgan fingerprint density at radius 1 is 0.912 bits per heavy atom. The summed E-state index contributed by atoms with van der Waals surface area (Å²) in [5, 5.41) is 9.65. The molecule has 2 aromatic carbocycles. The Labute approximate surface area is 199 Å². The predicted molar refractivity (Wildman–Crippen MR) is 132 cm³/mol. The van der Waals surface area contributed by atoms with Crippen LogP contribution in [0.4, 0.5) is 0 Å². The smallest absolute Gasteiger partial charge is 0.328 e. The molecule has 34 heavy (non-hydrogen) atoms. The van der Waals surface area contributed by atoms with Gasteiger partial charge in [0, 0.05) is 37.6 Å². The summed E-state index contributed by atoms with van der Waals surface area (Å²) in [6.07, 6.45) is 2.16. The van der Waals surface area contributed by atoms with E-state index < -0.39 is 0 Å². The van der Waals surface area contributed by atoms with Gasteiger partial charge in [0.25, 0.3) is 5.56 Å². The molecule has 172 valence electrons. The van der Waals surface area contributed by atoms with Crippen molar-refractivity contribution in [3.63, 3.8) is 0 Å². The molecule has 5 rings (SSSR count). The number of hydrogen-bond donors (Lipinski definition) is 0. The number of hydrogen-bond acceptors (Lipinski definition) is 6. The molecule has 0 radical (unpaired) electrons. The maximum absolute atomic E-state index is 12.9. The molecule has 0 spiro atoms. The van der Waals surface area contributed by atoms with Crippen molar-refractivity contribution < 1.29 is 0 Å². The van der Waals surface area contributed by atoms with Gasteiger partial charge in [0.05, 0.1) is 6.33 Å². The first-order valence-corrected chi connectivity index (χ1v) is 11.8. The van der Waals surface area contributed by atoms with Crippen molar-refractivity contribution in [3.8, 4) is 17.1 Å². The molecular formula is C24H23N7O2S. The van der Waals surface area contributed by atoms with Crippen LogP contribution in [0.5, 0.6) is 0 Å². The van der Waals surface area contributed by atoms with E-state index in [4.69, 9.17) is 0 Å². The molecule has 10 heteroatoms. The number of aromatic nitrogens is 7. The van der Waals surface area contributed by atoms with E-state index in [1.165, 1.54) is 9.13 Å². The maximum Gasteiger partial charge on any atom is 0.332 e. The Bertz CT molecular complexity index is 1570. The highest BCUT2D eigenvalue weighted by Gasteiger charge is 2.17. The van der Waals surface area contributed by atoms with Gasteiger partial charge in [-0.1, -0.05) is 60.3 Å². The summed E-state index contributed by atoms with van der Waals surface area (Å²) in [5.74, 6) is 1.43. The van der Waals surface area contributed by atoms with Crippen LogP contribution in [-0.4, -0.2) is 39.2 Å². The van der Waals surface area contributed by atoms with Crippen LogP contribution in [0.15, 0.2) is 81.7 Å². The van der Waals surface area contributed by atoms with E-state index in [2.05, 4.69) is 15.2 Å². The Balaban J connectivity index is 1.39. The van der Waals surface area contributed by atoms with Gasteiger partial charge < -0.3 is 4.57 Å². The second kappa shape index (κ2) is 9.14. The van der Waals surface area contributed by atoms with E-state index in [-0.39, 0.29) is 11.2 Å². The Kier molecular flexibility index (Phi) is 5.89. The van der Waals surface area contributed by atoms with Gasteiger partial charge in [0.1, 0.15) is 0 Å². The zero-order chi connectivity index (χ0) is 23.7. The molecule has 0 bridgehead atoms. The van der Waals surface area contributed by atoms with Gasteiger partial charge in [-0.05, 0) is 18.6 Å². The largest absolute Gasteiger partial charge is 0.332 e. The van der Waals surface area contributed by atoms with Crippen LogP contribution in [0, 0.1) is 0 Å². The average molecular weight is 474 g/mol. The zero-order valence-electron chi connectivity index (χ0n) is 18.8. The molecule has 0 aliphatic rings. The number of fused-ring (bicyclic) bond motifs is 1. The molecule has 9 nitrogen and oxygen atoms in total. The number of benzene rings is 2. The van der Waals surface area contributed by atoms with Crippen LogP contribution in [0.25, 0.3) is 28.2 Å². The average Bonchev–Trinajstić information content (AvgIpc) is 3.47. The Morgan fingerprint density at radius 2 is 1.62 bits per heavy atom. The molecule has 0 unspecified atom stereocenters. The van der Waals surface area contributed by atoms with Gasteiger partial charge in [-0.3, -0.25) is 18.5 Å². The fraction of sp³-hybridized carbons (Fsp3) is 0.208. The van der Waals surface area contributed by atoms with E-state index in [1.54, 1.807) is 36.8 Å². The van der Waals surface area contributed by atoms with Gasteiger partial charge >= 0.3 is 5.69 Å². The SMILES string of the molecule is Cn1cnc2c1c(=O)n(CCCSc1nnc(-c3ccccc3)n1-c1ccccc1)c(=O)n2C. The first kappa shape index (κ1) is 21.9. The fourth-order valence-corrected chi connectivity index (χ4v) is 4.80. The highest BCUT2D eigenvalue weighted by Crippen LogP contribution is 2.28. The van der Waals surface area contributed by atoms with E-state index in [1.807, 2.05) is 65.2 Å². The fourth-order valence-electron chi connectivity index (χ4n) is 3.93. The van der Waals surface area contributed by atoms with Crippen molar-refractivity contribution in [2.45, 2.75) is 18.1 Å². The van der Waals surface area contributed by atoms with E-state index in [9.17, 15) is 9.59 Å². The summed E-state index contributed by atoms with van der Waals surface area (Å²) in [6, 6.07) is 19.9. The lowest BCUT2D eigenvalue weighted by atomic mass is 10.2. The number of thioether (sulfide) groups is 1. The monoisotopic (exact) mass is 473 g/mol. The third-order valence-electron chi connectivity index (χ3n) is 5.64. The molecule has 0 saturated carbocycles. The molecule has 0 aliphatic heterocycles. The van der Waals surface area contributed by atoms with E-state index >= 15 is 0 Å². The summed E-state index contributed by atoms with van der Waals surface area (Å²) in [6.45, 7) is 0.310. The summed E-state index contributed by atoms with van der Waals surface area (Å²) >= 11 is 1.55. The Morgan fingerprint density at radius 3 is 2.35 bits per heavy atom. The molecule has 5 aromatic rings. The molecule has 0 fully saturated rings. The number of para-hydroxylation sites is 1. The number of aryl methyl sites for hydroxylation is 2. The minimum atomic E-state index is -0.361. The predicted octanol–water partition coefficient (Wildman–Crippen LogP) is 2.86. The number of nitrogens with zero attached hydrogens (tertiary/aromatic N) is 7. The molecule has 0 atom stereocenters. The van der Waals surface area contributed by atoms with Crippen LogP contribution in [0.1, 0.15) is 6.42 Å². The van der Waals surface area contributed by atoms with Gasteiger partial charge in [-0.2, -0.15) is 0 Å². The van der Waals surface area contributed by atoms with Crippen LogP contribution >= 0.6 is 11.8 Å². The summed E-state index contributed by atoms with van der Waals surface area (Å²) in [5.41, 5.74) is 2.09. The minimum absolute atomic E-state index is 0.310. The first-order valence-electron chi connectivity index (χ1n) is 10.9. The Hall–Kier alpha value is -3.92. The first-order chi connectivity index (χ1) is 16.6. The maximum atomic E-state index is 12.9. The number of rotatable bonds is 7. The molecular weight excluding hydrogens is 450 g/mol. The standard InChI is InChI=1S/C24H23N7O2S/c1-28-16-25-21-19(28)22(32)30(24(33)29(21)2)14-9-15-34-23-27-26-20(17-10-5-3-6-11-17)31(23)18-12-7-4-8-13-18/h3-8,10-13,16H,9,14-15H2,1-2H3. The summed E-state index contributed by atoms with van der Waals surface area (Å²) in [7, 11) is 3.39. The van der Waals surface area contributed by atoms with Crippen molar-refractivity contribution in [1.29, 1.82) is 0 Å². The van der Waals surface area contributed by atoms with Crippen molar-refractivity contribution in [2.24, 2.45) is 14.1 Å². The van der Waals surface area contributed by atoms with Crippen molar-refractivity contribution in [1.82, 2.24) is 33.4 Å². The molecule has 0 saturated heterocycles.